The Bertz CT molecular complexity index is 589. The lowest BCUT2D eigenvalue weighted by Gasteiger charge is -2.20. The summed E-state index contributed by atoms with van der Waals surface area (Å²) in [5.74, 6) is -0.666. The van der Waals surface area contributed by atoms with Gasteiger partial charge in [0.2, 0.25) is 5.91 Å². The van der Waals surface area contributed by atoms with Gasteiger partial charge in [0.05, 0.1) is 25.8 Å². The van der Waals surface area contributed by atoms with Gasteiger partial charge in [-0.2, -0.15) is 10.4 Å². The van der Waals surface area contributed by atoms with Gasteiger partial charge < -0.3 is 14.2 Å². The zero-order chi connectivity index (χ0) is 15.8. The van der Waals surface area contributed by atoms with Gasteiger partial charge in [0.25, 0.3) is 0 Å². The van der Waals surface area contributed by atoms with Crippen LogP contribution in [0, 0.1) is 11.3 Å². The zero-order valence-corrected chi connectivity index (χ0v) is 12.2. The number of para-hydroxylation sites is 1. The fraction of sp³-hybridized carbons (Fsp3) is 0.400. The van der Waals surface area contributed by atoms with Crippen LogP contribution in [0.4, 0.5) is 0 Å². The number of benzene rings is 1. The number of rotatable bonds is 6. The number of carbonyl (C=O) groups excluding carboxylic acids is 1. The van der Waals surface area contributed by atoms with Gasteiger partial charge in [-0.15, -0.1) is 0 Å². The Kier molecular flexibility index (Phi) is 5.47. The predicted molar refractivity (Wildman–Crippen MR) is 78.2 cm³/mol. The molecule has 2 rings (SSSR count). The van der Waals surface area contributed by atoms with Gasteiger partial charge in [-0.1, -0.05) is 12.1 Å². The summed E-state index contributed by atoms with van der Waals surface area (Å²) in [4.78, 5) is 11.8. The molecule has 1 aromatic rings. The van der Waals surface area contributed by atoms with Gasteiger partial charge >= 0.3 is 0 Å². The quantitative estimate of drug-likeness (QED) is 0.629. The first-order valence-corrected chi connectivity index (χ1v) is 6.81. The van der Waals surface area contributed by atoms with Crippen molar-refractivity contribution in [1.82, 2.24) is 5.43 Å². The van der Waals surface area contributed by atoms with Crippen molar-refractivity contribution in [3.63, 3.8) is 0 Å². The standard InChI is InChI=1S/C15H17N3O4/c1-15(21-8-9-22-15)10-14(19)18-17-11-12-4-2-3-5-13(12)20-7-6-16/h2-5,11H,7-10H2,1H3,(H,18,19)/b17-11+. The number of hydrogen-bond acceptors (Lipinski definition) is 6. The van der Waals surface area contributed by atoms with E-state index in [2.05, 4.69) is 10.5 Å². The summed E-state index contributed by atoms with van der Waals surface area (Å²) in [7, 11) is 0. The molecule has 1 aliphatic heterocycles. The highest BCUT2D eigenvalue weighted by Crippen LogP contribution is 2.22. The second-order valence-corrected chi connectivity index (χ2v) is 4.79. The zero-order valence-electron chi connectivity index (χ0n) is 12.2. The molecule has 0 atom stereocenters. The number of nitrogens with one attached hydrogen (secondary N) is 1. The number of nitrogens with zero attached hydrogens (tertiary/aromatic N) is 2. The molecule has 1 aliphatic rings. The van der Waals surface area contributed by atoms with Crippen LogP contribution in [0.25, 0.3) is 0 Å². The Labute approximate surface area is 128 Å². The van der Waals surface area contributed by atoms with Crippen molar-refractivity contribution in [3.05, 3.63) is 29.8 Å². The van der Waals surface area contributed by atoms with Gasteiger partial charge in [-0.05, 0) is 19.1 Å². The minimum Gasteiger partial charge on any atom is -0.478 e. The fourth-order valence-electron chi connectivity index (χ4n) is 1.99. The average molecular weight is 303 g/mol. The summed E-state index contributed by atoms with van der Waals surface area (Å²) < 4.78 is 16.0. The van der Waals surface area contributed by atoms with E-state index in [1.54, 1.807) is 25.1 Å². The van der Waals surface area contributed by atoms with Crippen LogP contribution in [0.1, 0.15) is 18.9 Å². The molecule has 116 valence electrons. The molecule has 1 aromatic carbocycles. The molecule has 0 aliphatic carbocycles. The molecule has 0 unspecified atom stereocenters. The van der Waals surface area contributed by atoms with Crippen LogP contribution >= 0.6 is 0 Å². The van der Waals surface area contributed by atoms with Gasteiger partial charge in [0.1, 0.15) is 11.8 Å². The third-order valence-corrected chi connectivity index (χ3v) is 2.98. The van der Waals surface area contributed by atoms with Crippen LogP contribution in [0.2, 0.25) is 0 Å². The summed E-state index contributed by atoms with van der Waals surface area (Å²) in [6.45, 7) is 2.63. The van der Waals surface area contributed by atoms with Crippen LogP contribution in [0.15, 0.2) is 29.4 Å². The maximum Gasteiger partial charge on any atom is 0.245 e. The van der Waals surface area contributed by atoms with E-state index < -0.39 is 5.79 Å². The lowest BCUT2D eigenvalue weighted by Crippen LogP contribution is -2.33. The predicted octanol–water partition coefficient (Wildman–Crippen LogP) is 1.19. The van der Waals surface area contributed by atoms with Gasteiger partial charge in [0, 0.05) is 5.56 Å². The topological polar surface area (TPSA) is 92.9 Å². The van der Waals surface area contributed by atoms with Crippen molar-refractivity contribution in [2.45, 2.75) is 19.1 Å². The molecule has 0 spiro atoms. The number of ether oxygens (including phenoxy) is 3. The smallest absolute Gasteiger partial charge is 0.245 e. The minimum atomic E-state index is -0.882. The first kappa shape index (κ1) is 15.9. The van der Waals surface area contributed by atoms with Crippen molar-refractivity contribution >= 4 is 12.1 Å². The Morgan fingerprint density at radius 3 is 2.95 bits per heavy atom. The SMILES string of the molecule is CC1(CC(=O)N/N=C/c2ccccc2OCC#N)OCCO1. The Morgan fingerprint density at radius 1 is 1.50 bits per heavy atom. The van der Waals surface area contributed by atoms with Gasteiger partial charge in [0.15, 0.2) is 12.4 Å². The fourth-order valence-corrected chi connectivity index (χ4v) is 1.99. The van der Waals surface area contributed by atoms with Crippen LogP contribution < -0.4 is 10.2 Å². The largest absolute Gasteiger partial charge is 0.478 e. The summed E-state index contributed by atoms with van der Waals surface area (Å²) in [6, 6.07) is 8.99. The highest BCUT2D eigenvalue weighted by molar-refractivity contribution is 5.85. The number of hydrazone groups is 1. The monoisotopic (exact) mass is 303 g/mol. The molecular weight excluding hydrogens is 286 g/mol. The molecule has 1 saturated heterocycles. The van der Waals surface area contributed by atoms with Crippen molar-refractivity contribution in [2.75, 3.05) is 19.8 Å². The number of hydrogen-bond donors (Lipinski definition) is 1. The van der Waals surface area contributed by atoms with E-state index >= 15 is 0 Å². The first-order chi connectivity index (χ1) is 10.6. The number of carbonyl (C=O) groups is 1. The molecule has 1 amide bonds. The highest BCUT2D eigenvalue weighted by atomic mass is 16.7. The maximum absolute atomic E-state index is 11.8. The molecule has 7 heteroatoms. The normalized spacial score (nSPS) is 16.4. The number of nitriles is 1. The van der Waals surface area contributed by atoms with Crippen molar-refractivity contribution in [3.8, 4) is 11.8 Å². The molecule has 1 heterocycles. The lowest BCUT2D eigenvalue weighted by molar-refractivity contribution is -0.159. The lowest BCUT2D eigenvalue weighted by atomic mass is 10.2. The molecule has 22 heavy (non-hydrogen) atoms. The molecule has 1 N–H and O–H groups in total. The van der Waals surface area contributed by atoms with Crippen LogP contribution in [0.3, 0.4) is 0 Å². The second kappa shape index (κ2) is 7.54. The van der Waals surface area contributed by atoms with Crippen LogP contribution in [-0.2, 0) is 14.3 Å². The Hall–Kier alpha value is -2.43. The van der Waals surface area contributed by atoms with Crippen LogP contribution in [-0.4, -0.2) is 37.7 Å². The Morgan fingerprint density at radius 2 is 2.23 bits per heavy atom. The molecule has 0 radical (unpaired) electrons. The first-order valence-electron chi connectivity index (χ1n) is 6.81. The van der Waals surface area contributed by atoms with Gasteiger partial charge in [-0.3, -0.25) is 4.79 Å². The third kappa shape index (κ3) is 4.55. The summed E-state index contributed by atoms with van der Waals surface area (Å²) in [5, 5.41) is 12.4. The summed E-state index contributed by atoms with van der Waals surface area (Å²) in [6.07, 6.45) is 1.53. The summed E-state index contributed by atoms with van der Waals surface area (Å²) in [5.41, 5.74) is 3.08. The molecular formula is C15H17N3O4. The van der Waals surface area contributed by atoms with Crippen LogP contribution in [0.5, 0.6) is 5.75 Å². The molecule has 7 nitrogen and oxygen atoms in total. The number of amides is 1. The van der Waals surface area contributed by atoms with Crippen molar-refractivity contribution in [1.29, 1.82) is 5.26 Å². The van der Waals surface area contributed by atoms with E-state index in [9.17, 15) is 4.79 Å². The molecule has 1 fully saturated rings. The van der Waals surface area contributed by atoms with E-state index in [0.717, 1.165) is 0 Å². The van der Waals surface area contributed by atoms with E-state index in [-0.39, 0.29) is 18.9 Å². The average Bonchev–Trinajstić information content (AvgIpc) is 2.92. The van der Waals surface area contributed by atoms with E-state index in [1.165, 1.54) is 6.21 Å². The van der Waals surface area contributed by atoms with Gasteiger partial charge in [-0.25, -0.2) is 5.43 Å². The highest BCUT2D eigenvalue weighted by Gasteiger charge is 2.33. The summed E-state index contributed by atoms with van der Waals surface area (Å²) >= 11 is 0. The van der Waals surface area contributed by atoms with Crippen molar-refractivity contribution < 1.29 is 19.0 Å². The van der Waals surface area contributed by atoms with E-state index in [0.29, 0.717) is 24.5 Å². The molecule has 0 aromatic heterocycles. The second-order valence-electron chi connectivity index (χ2n) is 4.79. The molecule has 0 bridgehead atoms. The Balaban J connectivity index is 1.89. The third-order valence-electron chi connectivity index (χ3n) is 2.98. The minimum absolute atomic E-state index is 0.0513. The van der Waals surface area contributed by atoms with E-state index in [4.69, 9.17) is 19.5 Å². The maximum atomic E-state index is 11.8. The van der Waals surface area contributed by atoms with Crippen molar-refractivity contribution in [2.24, 2.45) is 5.10 Å². The van der Waals surface area contributed by atoms with E-state index in [1.807, 2.05) is 12.1 Å². The molecule has 0 saturated carbocycles.